The SMILES string of the molecule is Cc1ccsc1C(CN)Oc1cccc2cccnc12. The highest BCUT2D eigenvalue weighted by molar-refractivity contribution is 7.10. The third-order valence-electron chi connectivity index (χ3n) is 3.27. The fraction of sp³-hybridized carbons (Fsp3) is 0.188. The molecule has 4 heteroatoms. The summed E-state index contributed by atoms with van der Waals surface area (Å²) in [4.78, 5) is 5.59. The number of aryl methyl sites for hydroxylation is 1. The van der Waals surface area contributed by atoms with Gasteiger partial charge in [-0.1, -0.05) is 18.2 Å². The molecule has 2 N–H and O–H groups in total. The molecule has 1 atom stereocenters. The van der Waals surface area contributed by atoms with Gasteiger partial charge in [0.2, 0.25) is 0 Å². The highest BCUT2D eigenvalue weighted by atomic mass is 32.1. The number of hydrogen-bond donors (Lipinski definition) is 1. The maximum absolute atomic E-state index is 6.13. The van der Waals surface area contributed by atoms with Crippen LogP contribution in [0.1, 0.15) is 16.5 Å². The lowest BCUT2D eigenvalue weighted by molar-refractivity contribution is 0.220. The van der Waals surface area contributed by atoms with E-state index < -0.39 is 0 Å². The van der Waals surface area contributed by atoms with Crippen LogP contribution in [0.5, 0.6) is 5.75 Å². The number of nitrogens with two attached hydrogens (primary N) is 1. The van der Waals surface area contributed by atoms with Gasteiger partial charge in [0.25, 0.3) is 0 Å². The minimum atomic E-state index is -0.123. The van der Waals surface area contributed by atoms with Gasteiger partial charge < -0.3 is 10.5 Å². The molecule has 0 spiro atoms. The third kappa shape index (κ3) is 2.40. The Morgan fingerprint density at radius 3 is 2.85 bits per heavy atom. The number of thiophene rings is 1. The number of para-hydroxylation sites is 1. The fourth-order valence-corrected chi connectivity index (χ4v) is 3.22. The summed E-state index contributed by atoms with van der Waals surface area (Å²) in [6, 6.07) is 12.0. The highest BCUT2D eigenvalue weighted by Crippen LogP contribution is 2.31. The van der Waals surface area contributed by atoms with Crippen molar-refractivity contribution in [3.63, 3.8) is 0 Å². The Balaban J connectivity index is 1.98. The van der Waals surface area contributed by atoms with E-state index in [-0.39, 0.29) is 6.10 Å². The second-order valence-corrected chi connectivity index (χ2v) is 5.59. The van der Waals surface area contributed by atoms with Crippen LogP contribution in [0.25, 0.3) is 10.9 Å². The third-order valence-corrected chi connectivity index (χ3v) is 4.38. The van der Waals surface area contributed by atoms with Gasteiger partial charge >= 0.3 is 0 Å². The zero-order valence-corrected chi connectivity index (χ0v) is 12.1. The van der Waals surface area contributed by atoms with Gasteiger partial charge in [0, 0.05) is 23.0 Å². The summed E-state index contributed by atoms with van der Waals surface area (Å²) >= 11 is 1.68. The van der Waals surface area contributed by atoms with Crippen LogP contribution in [-0.2, 0) is 0 Å². The van der Waals surface area contributed by atoms with Crippen molar-refractivity contribution in [3.05, 3.63) is 58.4 Å². The average molecular weight is 284 g/mol. The minimum Gasteiger partial charge on any atom is -0.481 e. The summed E-state index contributed by atoms with van der Waals surface area (Å²) in [5.41, 5.74) is 7.98. The Morgan fingerprint density at radius 2 is 2.10 bits per heavy atom. The minimum absolute atomic E-state index is 0.123. The lowest BCUT2D eigenvalue weighted by Gasteiger charge is -2.18. The molecular formula is C16H16N2OS. The molecule has 0 aliphatic heterocycles. The van der Waals surface area contributed by atoms with E-state index in [0.29, 0.717) is 6.54 Å². The van der Waals surface area contributed by atoms with E-state index in [1.54, 1.807) is 17.5 Å². The maximum atomic E-state index is 6.13. The molecule has 0 saturated heterocycles. The number of nitrogens with zero attached hydrogens (tertiary/aromatic N) is 1. The van der Waals surface area contributed by atoms with Gasteiger partial charge in [-0.2, -0.15) is 0 Å². The van der Waals surface area contributed by atoms with Crippen molar-refractivity contribution >= 4 is 22.2 Å². The largest absolute Gasteiger partial charge is 0.481 e. The van der Waals surface area contributed by atoms with Crippen LogP contribution < -0.4 is 10.5 Å². The molecule has 0 aliphatic carbocycles. The van der Waals surface area contributed by atoms with Crippen molar-refractivity contribution in [2.45, 2.75) is 13.0 Å². The van der Waals surface area contributed by atoms with Gasteiger partial charge in [0.1, 0.15) is 17.4 Å². The number of fused-ring (bicyclic) bond motifs is 1. The fourth-order valence-electron chi connectivity index (χ4n) is 2.25. The second kappa shape index (κ2) is 5.61. The van der Waals surface area contributed by atoms with E-state index in [1.165, 1.54) is 10.4 Å². The summed E-state index contributed by atoms with van der Waals surface area (Å²) in [7, 11) is 0. The monoisotopic (exact) mass is 284 g/mol. The molecule has 0 amide bonds. The van der Waals surface area contributed by atoms with Gasteiger partial charge in [0.05, 0.1) is 0 Å². The lowest BCUT2D eigenvalue weighted by atomic mass is 10.2. The summed E-state index contributed by atoms with van der Waals surface area (Å²) in [5, 5.41) is 3.14. The zero-order chi connectivity index (χ0) is 13.9. The Hall–Kier alpha value is -1.91. The summed E-state index contributed by atoms with van der Waals surface area (Å²) < 4.78 is 6.13. The zero-order valence-electron chi connectivity index (χ0n) is 11.2. The van der Waals surface area contributed by atoms with Crippen molar-refractivity contribution in [2.24, 2.45) is 5.73 Å². The van der Waals surface area contributed by atoms with E-state index in [0.717, 1.165) is 16.7 Å². The molecule has 3 rings (SSSR count). The van der Waals surface area contributed by atoms with Crippen LogP contribution in [0, 0.1) is 6.92 Å². The number of aromatic nitrogens is 1. The first-order valence-corrected chi connectivity index (χ1v) is 7.42. The van der Waals surface area contributed by atoms with Crippen LogP contribution in [0.3, 0.4) is 0 Å². The van der Waals surface area contributed by atoms with E-state index in [1.807, 2.05) is 30.3 Å². The predicted molar refractivity (Wildman–Crippen MR) is 83.2 cm³/mol. The number of pyridine rings is 1. The molecule has 0 fully saturated rings. The van der Waals surface area contributed by atoms with E-state index in [9.17, 15) is 0 Å². The van der Waals surface area contributed by atoms with Gasteiger partial charge in [0.15, 0.2) is 0 Å². The molecule has 0 saturated carbocycles. The molecule has 0 bridgehead atoms. The molecule has 2 heterocycles. The van der Waals surface area contributed by atoms with Crippen molar-refractivity contribution in [3.8, 4) is 5.75 Å². The maximum Gasteiger partial charge on any atom is 0.146 e. The summed E-state index contributed by atoms with van der Waals surface area (Å²) in [6.07, 6.45) is 1.66. The summed E-state index contributed by atoms with van der Waals surface area (Å²) in [6.45, 7) is 2.53. The Labute approximate surface area is 122 Å². The Morgan fingerprint density at radius 1 is 1.25 bits per heavy atom. The smallest absolute Gasteiger partial charge is 0.146 e. The van der Waals surface area contributed by atoms with Gasteiger partial charge in [-0.05, 0) is 36.1 Å². The molecule has 0 aliphatic rings. The first-order chi connectivity index (χ1) is 9.79. The number of ether oxygens (including phenoxy) is 1. The molecule has 3 aromatic rings. The molecule has 1 aromatic carbocycles. The summed E-state index contributed by atoms with van der Waals surface area (Å²) in [5.74, 6) is 0.784. The molecule has 0 radical (unpaired) electrons. The predicted octanol–water partition coefficient (Wildman–Crippen LogP) is 3.68. The lowest BCUT2D eigenvalue weighted by Crippen LogP contribution is -2.18. The number of hydrogen-bond acceptors (Lipinski definition) is 4. The average Bonchev–Trinajstić information content (AvgIpc) is 2.91. The van der Waals surface area contributed by atoms with Crippen molar-refractivity contribution in [1.29, 1.82) is 0 Å². The van der Waals surface area contributed by atoms with E-state index in [2.05, 4.69) is 23.4 Å². The molecular weight excluding hydrogens is 268 g/mol. The van der Waals surface area contributed by atoms with Crippen LogP contribution in [0.4, 0.5) is 0 Å². The molecule has 20 heavy (non-hydrogen) atoms. The van der Waals surface area contributed by atoms with Gasteiger partial charge in [-0.15, -0.1) is 11.3 Å². The second-order valence-electron chi connectivity index (χ2n) is 4.64. The first kappa shape index (κ1) is 13.1. The van der Waals surface area contributed by atoms with Crippen LogP contribution in [-0.4, -0.2) is 11.5 Å². The van der Waals surface area contributed by atoms with Crippen molar-refractivity contribution in [1.82, 2.24) is 4.98 Å². The highest BCUT2D eigenvalue weighted by Gasteiger charge is 2.16. The normalized spacial score (nSPS) is 12.5. The quantitative estimate of drug-likeness (QED) is 0.795. The molecule has 102 valence electrons. The van der Waals surface area contributed by atoms with E-state index in [4.69, 9.17) is 10.5 Å². The number of benzene rings is 1. The van der Waals surface area contributed by atoms with Crippen LogP contribution in [0.15, 0.2) is 48.0 Å². The molecule has 3 nitrogen and oxygen atoms in total. The van der Waals surface area contributed by atoms with Gasteiger partial charge in [-0.3, -0.25) is 4.98 Å². The molecule has 2 aromatic heterocycles. The van der Waals surface area contributed by atoms with Crippen LogP contribution >= 0.6 is 11.3 Å². The topological polar surface area (TPSA) is 48.1 Å². The Bertz CT molecular complexity index is 718. The Kier molecular flexibility index (Phi) is 3.67. The van der Waals surface area contributed by atoms with Crippen LogP contribution in [0.2, 0.25) is 0 Å². The molecule has 1 unspecified atom stereocenters. The number of rotatable bonds is 4. The van der Waals surface area contributed by atoms with Gasteiger partial charge in [-0.25, -0.2) is 0 Å². The van der Waals surface area contributed by atoms with Crippen molar-refractivity contribution < 1.29 is 4.74 Å². The van der Waals surface area contributed by atoms with Crippen molar-refractivity contribution in [2.75, 3.05) is 6.54 Å². The van der Waals surface area contributed by atoms with E-state index >= 15 is 0 Å². The first-order valence-electron chi connectivity index (χ1n) is 6.54. The standard InChI is InChI=1S/C16H16N2OS/c1-11-7-9-20-16(11)14(10-17)19-13-6-2-4-12-5-3-8-18-15(12)13/h2-9,14H,10,17H2,1H3.